The lowest BCUT2D eigenvalue weighted by atomic mass is 10.4. The van der Waals surface area contributed by atoms with Gasteiger partial charge in [-0.3, -0.25) is 4.79 Å². The molecule has 0 aliphatic heterocycles. The van der Waals surface area contributed by atoms with Crippen molar-refractivity contribution in [1.29, 1.82) is 0 Å². The van der Waals surface area contributed by atoms with Gasteiger partial charge in [0.1, 0.15) is 6.54 Å². The first-order chi connectivity index (χ1) is 8.56. The van der Waals surface area contributed by atoms with Gasteiger partial charge < -0.3 is 14.4 Å². The van der Waals surface area contributed by atoms with E-state index in [1.54, 1.807) is 6.92 Å². The van der Waals surface area contributed by atoms with E-state index in [0.29, 0.717) is 18.3 Å². The van der Waals surface area contributed by atoms with Gasteiger partial charge in [-0.25, -0.2) is 0 Å². The molecule has 0 bridgehead atoms. The molecule has 2 rings (SSSR count). The number of hydrogen-bond donors (Lipinski definition) is 1. The van der Waals surface area contributed by atoms with E-state index < -0.39 is 0 Å². The molecule has 0 aromatic carbocycles. The molecule has 18 heavy (non-hydrogen) atoms. The Bertz CT molecular complexity index is 537. The minimum absolute atomic E-state index is 0.0757. The van der Waals surface area contributed by atoms with E-state index in [-0.39, 0.29) is 12.5 Å². The molecule has 0 aliphatic rings. The standard InChI is InChI=1S/C12H16N4O2/c1-8-4-5-9(2)16(8)7-11(17)13-6-12-14-10(3)15-18-12/h4-5H,6-7H2,1-3H3,(H,13,17). The summed E-state index contributed by atoms with van der Waals surface area (Å²) in [6.45, 7) is 6.25. The third-order valence-corrected chi connectivity index (χ3v) is 2.73. The molecule has 96 valence electrons. The lowest BCUT2D eigenvalue weighted by Gasteiger charge is -2.08. The molecule has 6 heteroatoms. The van der Waals surface area contributed by atoms with Crippen LogP contribution in [0, 0.1) is 20.8 Å². The van der Waals surface area contributed by atoms with Gasteiger partial charge in [-0.1, -0.05) is 5.16 Å². The molecule has 0 spiro atoms. The largest absolute Gasteiger partial charge is 0.345 e. The van der Waals surface area contributed by atoms with Crippen molar-refractivity contribution in [1.82, 2.24) is 20.0 Å². The maximum absolute atomic E-state index is 11.8. The van der Waals surface area contributed by atoms with Crippen LogP contribution < -0.4 is 5.32 Å². The van der Waals surface area contributed by atoms with Gasteiger partial charge in [0.25, 0.3) is 0 Å². The topological polar surface area (TPSA) is 73.0 Å². The third kappa shape index (κ3) is 2.77. The van der Waals surface area contributed by atoms with E-state index in [1.165, 1.54) is 0 Å². The van der Waals surface area contributed by atoms with Crippen LogP contribution in [0.4, 0.5) is 0 Å². The second kappa shape index (κ2) is 5.03. The van der Waals surface area contributed by atoms with Crippen LogP contribution in [0.3, 0.4) is 0 Å². The van der Waals surface area contributed by atoms with E-state index in [2.05, 4.69) is 15.5 Å². The molecule has 1 N–H and O–H groups in total. The molecule has 0 radical (unpaired) electrons. The van der Waals surface area contributed by atoms with Crippen LogP contribution >= 0.6 is 0 Å². The van der Waals surface area contributed by atoms with E-state index in [1.807, 2.05) is 30.5 Å². The lowest BCUT2D eigenvalue weighted by molar-refractivity contribution is -0.122. The van der Waals surface area contributed by atoms with E-state index >= 15 is 0 Å². The van der Waals surface area contributed by atoms with Crippen molar-refractivity contribution >= 4 is 5.91 Å². The molecule has 0 saturated carbocycles. The number of nitrogens with one attached hydrogen (secondary N) is 1. The first kappa shape index (κ1) is 12.3. The first-order valence-electron chi connectivity index (χ1n) is 5.75. The Labute approximate surface area is 105 Å². The fourth-order valence-electron chi connectivity index (χ4n) is 1.73. The van der Waals surface area contributed by atoms with E-state index in [0.717, 1.165) is 11.4 Å². The average Bonchev–Trinajstić information content (AvgIpc) is 2.87. The highest BCUT2D eigenvalue weighted by atomic mass is 16.5. The molecule has 2 aromatic rings. The van der Waals surface area contributed by atoms with Crippen LogP contribution in [-0.4, -0.2) is 20.6 Å². The van der Waals surface area contributed by atoms with Crippen molar-refractivity contribution in [3.05, 3.63) is 35.2 Å². The Kier molecular flexibility index (Phi) is 3.45. The van der Waals surface area contributed by atoms with Crippen molar-refractivity contribution in [3.63, 3.8) is 0 Å². The quantitative estimate of drug-likeness (QED) is 0.879. The fourth-order valence-corrected chi connectivity index (χ4v) is 1.73. The zero-order valence-electron chi connectivity index (χ0n) is 10.7. The second-order valence-electron chi connectivity index (χ2n) is 4.21. The van der Waals surface area contributed by atoms with Gasteiger partial charge in [0.15, 0.2) is 5.82 Å². The Hall–Kier alpha value is -2.11. The Balaban J connectivity index is 1.89. The maximum atomic E-state index is 11.8. The molecule has 1 amide bonds. The summed E-state index contributed by atoms with van der Waals surface area (Å²) in [5.41, 5.74) is 2.13. The van der Waals surface area contributed by atoms with E-state index in [9.17, 15) is 4.79 Å². The summed E-state index contributed by atoms with van der Waals surface area (Å²) in [7, 11) is 0. The molecule has 0 saturated heterocycles. The number of aryl methyl sites for hydroxylation is 3. The third-order valence-electron chi connectivity index (χ3n) is 2.73. The van der Waals surface area contributed by atoms with Crippen LogP contribution in [0.15, 0.2) is 16.7 Å². The summed E-state index contributed by atoms with van der Waals surface area (Å²) in [5.74, 6) is 0.909. The Morgan fingerprint density at radius 3 is 2.56 bits per heavy atom. The summed E-state index contributed by atoms with van der Waals surface area (Å²) in [6.07, 6.45) is 0. The van der Waals surface area contributed by atoms with E-state index in [4.69, 9.17) is 4.52 Å². The van der Waals surface area contributed by atoms with Crippen LogP contribution in [0.1, 0.15) is 23.1 Å². The van der Waals surface area contributed by atoms with Crippen molar-refractivity contribution in [2.45, 2.75) is 33.9 Å². The molecule has 0 atom stereocenters. The van der Waals surface area contributed by atoms with Crippen molar-refractivity contribution in [3.8, 4) is 0 Å². The highest BCUT2D eigenvalue weighted by molar-refractivity contribution is 5.75. The molecule has 2 aromatic heterocycles. The van der Waals surface area contributed by atoms with Gasteiger partial charge >= 0.3 is 0 Å². The highest BCUT2D eigenvalue weighted by Gasteiger charge is 2.08. The first-order valence-corrected chi connectivity index (χ1v) is 5.75. The molecule has 0 fully saturated rings. The number of amides is 1. The number of nitrogens with zero attached hydrogens (tertiary/aromatic N) is 3. The number of aromatic nitrogens is 3. The van der Waals surface area contributed by atoms with Crippen molar-refractivity contribution in [2.24, 2.45) is 0 Å². The van der Waals surface area contributed by atoms with Crippen LogP contribution in [0.2, 0.25) is 0 Å². The minimum Gasteiger partial charge on any atom is -0.345 e. The molecule has 0 unspecified atom stereocenters. The summed E-state index contributed by atoms with van der Waals surface area (Å²) >= 11 is 0. The zero-order chi connectivity index (χ0) is 13.1. The SMILES string of the molecule is Cc1noc(CNC(=O)Cn2c(C)ccc2C)n1. The van der Waals surface area contributed by atoms with Crippen LogP contribution in [0.5, 0.6) is 0 Å². The van der Waals surface area contributed by atoms with Gasteiger partial charge in [-0.05, 0) is 32.9 Å². The summed E-state index contributed by atoms with van der Waals surface area (Å²) in [4.78, 5) is 15.8. The number of carbonyl (C=O) groups excluding carboxylic acids is 1. The molecular formula is C12H16N4O2. The van der Waals surface area contributed by atoms with Gasteiger partial charge in [0.2, 0.25) is 11.8 Å². The van der Waals surface area contributed by atoms with Crippen molar-refractivity contribution in [2.75, 3.05) is 0 Å². The van der Waals surface area contributed by atoms with Crippen LogP contribution in [0.25, 0.3) is 0 Å². The maximum Gasteiger partial charge on any atom is 0.246 e. The lowest BCUT2D eigenvalue weighted by Crippen LogP contribution is -2.27. The molecule has 6 nitrogen and oxygen atoms in total. The molecular weight excluding hydrogens is 232 g/mol. The number of hydrogen-bond acceptors (Lipinski definition) is 4. The van der Waals surface area contributed by atoms with Gasteiger partial charge in [-0.15, -0.1) is 0 Å². The van der Waals surface area contributed by atoms with Crippen molar-refractivity contribution < 1.29 is 9.32 Å². The normalized spacial score (nSPS) is 10.6. The fraction of sp³-hybridized carbons (Fsp3) is 0.417. The second-order valence-corrected chi connectivity index (χ2v) is 4.21. The predicted octanol–water partition coefficient (Wildman–Crippen LogP) is 1.11. The number of carbonyl (C=O) groups is 1. The summed E-state index contributed by atoms with van der Waals surface area (Å²) < 4.78 is 6.87. The van der Waals surface area contributed by atoms with Gasteiger partial charge in [0.05, 0.1) is 6.54 Å². The minimum atomic E-state index is -0.0757. The zero-order valence-corrected chi connectivity index (χ0v) is 10.7. The van der Waals surface area contributed by atoms with Crippen LogP contribution in [-0.2, 0) is 17.9 Å². The predicted molar refractivity (Wildman–Crippen MR) is 64.8 cm³/mol. The smallest absolute Gasteiger partial charge is 0.246 e. The summed E-state index contributed by atoms with van der Waals surface area (Å²) in [6, 6.07) is 3.98. The monoisotopic (exact) mass is 248 g/mol. The number of rotatable bonds is 4. The molecule has 2 heterocycles. The Morgan fingerprint density at radius 1 is 1.33 bits per heavy atom. The van der Waals surface area contributed by atoms with Gasteiger partial charge in [0, 0.05) is 11.4 Å². The summed E-state index contributed by atoms with van der Waals surface area (Å²) in [5, 5.41) is 6.40. The highest BCUT2D eigenvalue weighted by Crippen LogP contribution is 2.06. The van der Waals surface area contributed by atoms with Gasteiger partial charge in [-0.2, -0.15) is 4.98 Å². The average molecular weight is 248 g/mol. The Morgan fingerprint density at radius 2 is 2.00 bits per heavy atom. The molecule has 0 aliphatic carbocycles.